The number of carbonyl (C=O) groups is 2. The van der Waals surface area contributed by atoms with Gasteiger partial charge in [-0.3, -0.25) is 9.59 Å². The first-order valence-corrected chi connectivity index (χ1v) is 5.28. The Labute approximate surface area is 102 Å². The molecule has 1 amide bonds. The van der Waals surface area contributed by atoms with Crippen LogP contribution in [0.4, 0.5) is 0 Å². The highest BCUT2D eigenvalue weighted by Crippen LogP contribution is 2.27. The average Bonchev–Trinajstić information content (AvgIpc) is 2.96. The Morgan fingerprint density at radius 2 is 2.06 bits per heavy atom. The van der Waals surface area contributed by atoms with Crippen LogP contribution in [0, 0.1) is 0 Å². The minimum atomic E-state index is -0.556. The van der Waals surface area contributed by atoms with Crippen molar-refractivity contribution >= 4 is 24.3 Å². The van der Waals surface area contributed by atoms with Crippen molar-refractivity contribution in [1.82, 2.24) is 4.90 Å². The molecular formula is C10H19ClN2O3. The number of rotatable bonds is 5. The summed E-state index contributed by atoms with van der Waals surface area (Å²) in [6.07, 6.45) is 1.91. The van der Waals surface area contributed by atoms with Gasteiger partial charge < -0.3 is 15.4 Å². The van der Waals surface area contributed by atoms with Gasteiger partial charge in [0.2, 0.25) is 5.91 Å². The van der Waals surface area contributed by atoms with E-state index in [-0.39, 0.29) is 36.9 Å². The average molecular weight is 251 g/mol. The molecule has 94 valence electrons. The molecule has 1 rings (SSSR count). The van der Waals surface area contributed by atoms with Crippen LogP contribution in [-0.2, 0) is 14.3 Å². The van der Waals surface area contributed by atoms with E-state index >= 15 is 0 Å². The van der Waals surface area contributed by atoms with Gasteiger partial charge in [-0.05, 0) is 26.7 Å². The number of carbonyl (C=O) groups excluding carboxylic acids is 2. The minimum absolute atomic E-state index is 0. The lowest BCUT2D eigenvalue weighted by molar-refractivity contribution is -0.149. The topological polar surface area (TPSA) is 72.6 Å². The number of ether oxygens (including phenoxy) is 1. The highest BCUT2D eigenvalue weighted by Gasteiger charge is 2.35. The summed E-state index contributed by atoms with van der Waals surface area (Å²) in [5.41, 5.74) is 5.51. The largest absolute Gasteiger partial charge is 0.465 e. The lowest BCUT2D eigenvalue weighted by Crippen LogP contribution is -2.46. The van der Waals surface area contributed by atoms with E-state index in [9.17, 15) is 9.59 Å². The maximum absolute atomic E-state index is 11.7. The van der Waals surface area contributed by atoms with Crippen LogP contribution in [0.1, 0.15) is 26.7 Å². The normalized spacial score (nSPS) is 15.9. The standard InChI is InChI=1S/C10H18N2O3.ClH/c1-3-15-9(13)6-12(8-4-5-8)10(14)7(2)11;/h7-8H,3-6,11H2,1-2H3;1H. The molecule has 0 aliphatic heterocycles. The Morgan fingerprint density at radius 3 is 2.44 bits per heavy atom. The van der Waals surface area contributed by atoms with E-state index in [4.69, 9.17) is 10.5 Å². The fourth-order valence-electron chi connectivity index (χ4n) is 1.38. The number of nitrogens with two attached hydrogens (primary N) is 1. The molecule has 0 spiro atoms. The Bertz CT molecular complexity index is 254. The summed E-state index contributed by atoms with van der Waals surface area (Å²) in [6, 6.07) is -0.368. The molecule has 1 aliphatic carbocycles. The molecule has 0 aromatic rings. The van der Waals surface area contributed by atoms with Crippen LogP contribution in [0.3, 0.4) is 0 Å². The van der Waals surface area contributed by atoms with Crippen LogP contribution in [0.15, 0.2) is 0 Å². The van der Waals surface area contributed by atoms with Gasteiger partial charge in [-0.1, -0.05) is 0 Å². The molecule has 0 aromatic heterocycles. The second kappa shape index (κ2) is 6.70. The summed E-state index contributed by atoms with van der Waals surface area (Å²) in [5, 5.41) is 0. The van der Waals surface area contributed by atoms with Crippen LogP contribution < -0.4 is 5.73 Å². The summed E-state index contributed by atoms with van der Waals surface area (Å²) < 4.78 is 4.81. The van der Waals surface area contributed by atoms with E-state index in [1.54, 1.807) is 13.8 Å². The summed E-state index contributed by atoms with van der Waals surface area (Å²) in [7, 11) is 0. The highest BCUT2D eigenvalue weighted by molar-refractivity contribution is 5.86. The molecule has 1 saturated carbocycles. The van der Waals surface area contributed by atoms with Crippen molar-refractivity contribution in [3.8, 4) is 0 Å². The first kappa shape index (κ1) is 15.2. The molecule has 1 fully saturated rings. The summed E-state index contributed by atoms with van der Waals surface area (Å²) in [6.45, 7) is 3.73. The fourth-order valence-corrected chi connectivity index (χ4v) is 1.38. The van der Waals surface area contributed by atoms with E-state index in [0.29, 0.717) is 6.61 Å². The predicted molar refractivity (Wildman–Crippen MR) is 62.3 cm³/mol. The molecule has 0 radical (unpaired) electrons. The van der Waals surface area contributed by atoms with Gasteiger partial charge in [-0.15, -0.1) is 12.4 Å². The molecule has 6 heteroatoms. The highest BCUT2D eigenvalue weighted by atomic mass is 35.5. The Kier molecular flexibility index (Phi) is 6.36. The van der Waals surface area contributed by atoms with Gasteiger partial charge in [0, 0.05) is 6.04 Å². The summed E-state index contributed by atoms with van der Waals surface area (Å²) in [5.74, 6) is -0.538. The number of nitrogens with zero attached hydrogens (tertiary/aromatic N) is 1. The number of amides is 1. The van der Waals surface area contributed by atoms with E-state index in [1.807, 2.05) is 0 Å². The van der Waals surface area contributed by atoms with Gasteiger partial charge in [-0.25, -0.2) is 0 Å². The molecule has 16 heavy (non-hydrogen) atoms. The molecule has 0 heterocycles. The van der Waals surface area contributed by atoms with Gasteiger partial charge in [0.15, 0.2) is 0 Å². The van der Waals surface area contributed by atoms with Gasteiger partial charge in [-0.2, -0.15) is 0 Å². The van der Waals surface area contributed by atoms with E-state index < -0.39 is 6.04 Å². The van der Waals surface area contributed by atoms with Crippen molar-refractivity contribution in [3.63, 3.8) is 0 Å². The molecule has 0 saturated heterocycles. The smallest absolute Gasteiger partial charge is 0.325 e. The zero-order chi connectivity index (χ0) is 11.4. The SMILES string of the molecule is CCOC(=O)CN(C(=O)C(C)N)C1CC1.Cl. The number of hydrogen-bond donors (Lipinski definition) is 1. The maximum Gasteiger partial charge on any atom is 0.325 e. The van der Waals surface area contributed by atoms with Crippen LogP contribution in [0.25, 0.3) is 0 Å². The predicted octanol–water partition coefficient (Wildman–Crippen LogP) is 0.309. The molecule has 1 aliphatic rings. The Hall–Kier alpha value is -0.810. The molecule has 1 atom stereocenters. The van der Waals surface area contributed by atoms with Gasteiger partial charge in [0.1, 0.15) is 6.54 Å². The molecule has 0 aromatic carbocycles. The first-order chi connectivity index (χ1) is 7.06. The number of hydrogen-bond acceptors (Lipinski definition) is 4. The third-order valence-electron chi connectivity index (χ3n) is 2.27. The first-order valence-electron chi connectivity index (χ1n) is 5.28. The second-order valence-electron chi connectivity index (χ2n) is 3.79. The number of halogens is 1. The second-order valence-corrected chi connectivity index (χ2v) is 3.79. The van der Waals surface area contributed by atoms with Crippen LogP contribution in [0.5, 0.6) is 0 Å². The van der Waals surface area contributed by atoms with E-state index in [1.165, 1.54) is 4.90 Å². The molecule has 1 unspecified atom stereocenters. The zero-order valence-corrected chi connectivity index (χ0v) is 10.5. The van der Waals surface area contributed by atoms with Crippen LogP contribution in [-0.4, -0.2) is 42.0 Å². The Morgan fingerprint density at radius 1 is 1.50 bits per heavy atom. The number of esters is 1. The molecule has 2 N–H and O–H groups in total. The maximum atomic E-state index is 11.7. The van der Waals surface area contributed by atoms with E-state index in [2.05, 4.69) is 0 Å². The third kappa shape index (κ3) is 4.37. The van der Waals surface area contributed by atoms with Crippen molar-refractivity contribution < 1.29 is 14.3 Å². The Balaban J connectivity index is 0.00000225. The van der Waals surface area contributed by atoms with Crippen molar-refractivity contribution in [2.45, 2.75) is 38.8 Å². The van der Waals surface area contributed by atoms with Crippen molar-refractivity contribution in [3.05, 3.63) is 0 Å². The van der Waals surface area contributed by atoms with Crippen molar-refractivity contribution in [2.75, 3.05) is 13.2 Å². The third-order valence-corrected chi connectivity index (χ3v) is 2.27. The quantitative estimate of drug-likeness (QED) is 0.713. The van der Waals surface area contributed by atoms with Gasteiger partial charge >= 0.3 is 5.97 Å². The van der Waals surface area contributed by atoms with Gasteiger partial charge in [0.25, 0.3) is 0 Å². The lowest BCUT2D eigenvalue weighted by atomic mass is 10.3. The summed E-state index contributed by atoms with van der Waals surface area (Å²) >= 11 is 0. The van der Waals surface area contributed by atoms with Crippen molar-refractivity contribution in [2.24, 2.45) is 5.73 Å². The molecule has 0 bridgehead atoms. The molecular weight excluding hydrogens is 232 g/mol. The van der Waals surface area contributed by atoms with Crippen molar-refractivity contribution in [1.29, 1.82) is 0 Å². The zero-order valence-electron chi connectivity index (χ0n) is 9.64. The van der Waals surface area contributed by atoms with E-state index in [0.717, 1.165) is 12.8 Å². The minimum Gasteiger partial charge on any atom is -0.465 e. The lowest BCUT2D eigenvalue weighted by Gasteiger charge is -2.22. The monoisotopic (exact) mass is 250 g/mol. The molecule has 5 nitrogen and oxygen atoms in total. The fraction of sp³-hybridized carbons (Fsp3) is 0.800. The van der Waals surface area contributed by atoms with Gasteiger partial charge in [0.05, 0.1) is 12.6 Å². The summed E-state index contributed by atoms with van der Waals surface area (Å²) in [4.78, 5) is 24.4. The van der Waals surface area contributed by atoms with Crippen LogP contribution in [0.2, 0.25) is 0 Å². The van der Waals surface area contributed by atoms with Crippen LogP contribution >= 0.6 is 12.4 Å².